The highest BCUT2D eigenvalue weighted by atomic mass is 79.9. The summed E-state index contributed by atoms with van der Waals surface area (Å²) in [5.41, 5.74) is 4.58. The number of nitrogens with zero attached hydrogens (tertiary/aromatic N) is 1. The minimum Gasteiger partial charge on any atom is -0.495 e. The first-order chi connectivity index (χ1) is 16.4. The molecule has 1 amide bonds. The highest BCUT2D eigenvalue weighted by Crippen LogP contribution is 2.37. The lowest BCUT2D eigenvalue weighted by molar-refractivity contribution is 0.102. The standard InChI is InChI=1S/C28H23BrN2O3/c1-16(2)17-8-10-18(11-9-17)28-31-23-15-20(12-13-24(23)34-28)30-27(32)22-14-19-6-4-5-7-21(19)25(29)26(22)33-3/h4-16H,1-3H3,(H,30,32). The van der Waals surface area contributed by atoms with Gasteiger partial charge in [0.15, 0.2) is 5.58 Å². The number of aromatic nitrogens is 1. The zero-order valence-corrected chi connectivity index (χ0v) is 20.6. The average molecular weight is 515 g/mol. The maximum Gasteiger partial charge on any atom is 0.259 e. The van der Waals surface area contributed by atoms with Gasteiger partial charge < -0.3 is 14.5 Å². The average Bonchev–Trinajstić information content (AvgIpc) is 3.27. The van der Waals surface area contributed by atoms with E-state index in [-0.39, 0.29) is 5.91 Å². The van der Waals surface area contributed by atoms with Crippen LogP contribution in [0.1, 0.15) is 35.7 Å². The van der Waals surface area contributed by atoms with Crippen LogP contribution in [-0.2, 0) is 0 Å². The summed E-state index contributed by atoms with van der Waals surface area (Å²) in [6.07, 6.45) is 0. The molecule has 5 nitrogen and oxygen atoms in total. The molecule has 6 heteroatoms. The van der Waals surface area contributed by atoms with E-state index in [4.69, 9.17) is 9.15 Å². The number of anilines is 1. The summed E-state index contributed by atoms with van der Waals surface area (Å²) in [6.45, 7) is 4.33. The van der Waals surface area contributed by atoms with Crippen molar-refractivity contribution in [3.8, 4) is 17.2 Å². The zero-order chi connectivity index (χ0) is 23.8. The van der Waals surface area contributed by atoms with Crippen molar-refractivity contribution < 1.29 is 13.9 Å². The monoisotopic (exact) mass is 514 g/mol. The lowest BCUT2D eigenvalue weighted by atomic mass is 10.0. The molecular weight excluding hydrogens is 492 g/mol. The summed E-state index contributed by atoms with van der Waals surface area (Å²) in [5.74, 6) is 1.24. The Bertz CT molecular complexity index is 1520. The van der Waals surface area contributed by atoms with Gasteiger partial charge in [0.05, 0.1) is 17.1 Å². The molecule has 0 radical (unpaired) electrons. The molecule has 0 aliphatic rings. The first-order valence-corrected chi connectivity index (χ1v) is 11.8. The van der Waals surface area contributed by atoms with Crippen LogP contribution in [-0.4, -0.2) is 18.0 Å². The maximum absolute atomic E-state index is 13.2. The fourth-order valence-corrected chi connectivity index (χ4v) is 4.73. The number of methoxy groups -OCH3 is 1. The predicted molar refractivity (Wildman–Crippen MR) is 140 cm³/mol. The second-order valence-electron chi connectivity index (χ2n) is 8.42. The van der Waals surface area contributed by atoms with Crippen molar-refractivity contribution in [2.24, 2.45) is 0 Å². The molecule has 0 spiro atoms. The largest absolute Gasteiger partial charge is 0.495 e. The Balaban J connectivity index is 1.45. The first kappa shape index (κ1) is 22.2. The van der Waals surface area contributed by atoms with E-state index in [1.165, 1.54) is 5.56 Å². The Labute approximate surface area is 205 Å². The molecule has 5 rings (SSSR count). The number of ether oxygens (including phenoxy) is 1. The number of halogens is 1. The molecule has 4 aromatic carbocycles. The van der Waals surface area contributed by atoms with Crippen LogP contribution in [0.25, 0.3) is 33.3 Å². The molecule has 1 aromatic heterocycles. The summed E-state index contributed by atoms with van der Waals surface area (Å²) in [7, 11) is 1.56. The predicted octanol–water partition coefficient (Wildman–Crippen LogP) is 7.79. The summed E-state index contributed by atoms with van der Waals surface area (Å²) in [4.78, 5) is 17.8. The van der Waals surface area contributed by atoms with Crippen molar-refractivity contribution in [1.29, 1.82) is 0 Å². The SMILES string of the molecule is COc1c(C(=O)Nc2ccc3oc(-c4ccc(C(C)C)cc4)nc3c2)cc2ccccc2c1Br. The Kier molecular flexibility index (Phi) is 5.84. The second-order valence-corrected chi connectivity index (χ2v) is 9.22. The van der Waals surface area contributed by atoms with Gasteiger partial charge in [-0.05, 0) is 74.6 Å². The molecule has 0 saturated carbocycles. The highest BCUT2D eigenvalue weighted by molar-refractivity contribution is 9.10. The minimum atomic E-state index is -0.268. The third kappa shape index (κ3) is 4.05. The molecule has 0 atom stereocenters. The molecule has 0 bridgehead atoms. The van der Waals surface area contributed by atoms with E-state index < -0.39 is 0 Å². The Hall–Kier alpha value is -3.64. The van der Waals surface area contributed by atoms with Crippen LogP contribution in [0.15, 0.2) is 81.7 Å². The Morgan fingerprint density at radius 2 is 1.79 bits per heavy atom. The lowest BCUT2D eigenvalue weighted by Gasteiger charge is -2.13. The number of rotatable bonds is 5. The number of amides is 1. The van der Waals surface area contributed by atoms with Gasteiger partial charge in [-0.2, -0.15) is 0 Å². The normalized spacial score (nSPS) is 11.3. The first-order valence-electron chi connectivity index (χ1n) is 11.0. The summed E-state index contributed by atoms with van der Waals surface area (Å²) >= 11 is 3.59. The smallest absolute Gasteiger partial charge is 0.259 e. The molecule has 170 valence electrons. The van der Waals surface area contributed by atoms with Crippen molar-refractivity contribution >= 4 is 49.4 Å². The number of hydrogen-bond donors (Lipinski definition) is 1. The van der Waals surface area contributed by atoms with Crippen LogP contribution in [0.5, 0.6) is 5.75 Å². The van der Waals surface area contributed by atoms with Gasteiger partial charge in [0.25, 0.3) is 5.91 Å². The Morgan fingerprint density at radius 1 is 1.03 bits per heavy atom. The minimum absolute atomic E-state index is 0.268. The van der Waals surface area contributed by atoms with Gasteiger partial charge in [-0.1, -0.05) is 50.2 Å². The quantitative estimate of drug-likeness (QED) is 0.260. The molecule has 34 heavy (non-hydrogen) atoms. The van der Waals surface area contributed by atoms with Gasteiger partial charge in [0.1, 0.15) is 11.3 Å². The molecule has 0 saturated heterocycles. The van der Waals surface area contributed by atoms with E-state index in [0.717, 1.165) is 20.8 Å². The van der Waals surface area contributed by atoms with Crippen LogP contribution in [0.2, 0.25) is 0 Å². The van der Waals surface area contributed by atoms with Crippen molar-refractivity contribution in [3.05, 3.63) is 88.4 Å². The van der Waals surface area contributed by atoms with Crippen LogP contribution >= 0.6 is 15.9 Å². The number of nitrogens with one attached hydrogen (secondary N) is 1. The second kappa shape index (κ2) is 8.95. The summed E-state index contributed by atoms with van der Waals surface area (Å²) in [6, 6.07) is 23.3. The molecular formula is C28H23BrN2O3. The fourth-order valence-electron chi connectivity index (χ4n) is 3.99. The number of oxazole rings is 1. The number of benzene rings is 4. The van der Waals surface area contributed by atoms with Gasteiger partial charge in [0.2, 0.25) is 5.89 Å². The molecule has 1 N–H and O–H groups in total. The molecule has 0 fully saturated rings. The molecule has 5 aromatic rings. The summed E-state index contributed by atoms with van der Waals surface area (Å²) < 4.78 is 12.3. The van der Waals surface area contributed by atoms with Crippen molar-refractivity contribution in [2.45, 2.75) is 19.8 Å². The molecule has 0 aliphatic carbocycles. The van der Waals surface area contributed by atoms with Gasteiger partial charge >= 0.3 is 0 Å². The lowest BCUT2D eigenvalue weighted by Crippen LogP contribution is -2.13. The molecule has 0 aliphatic heterocycles. The van der Waals surface area contributed by atoms with E-state index in [1.807, 2.05) is 54.6 Å². The fraction of sp³-hybridized carbons (Fsp3) is 0.143. The van der Waals surface area contributed by atoms with Crippen LogP contribution in [0.3, 0.4) is 0 Å². The third-order valence-corrected chi connectivity index (χ3v) is 6.65. The number of fused-ring (bicyclic) bond motifs is 2. The van der Waals surface area contributed by atoms with E-state index in [1.54, 1.807) is 13.2 Å². The third-order valence-electron chi connectivity index (χ3n) is 5.86. The molecule has 1 heterocycles. The van der Waals surface area contributed by atoms with Crippen LogP contribution in [0.4, 0.5) is 5.69 Å². The zero-order valence-electron chi connectivity index (χ0n) is 19.1. The van der Waals surface area contributed by atoms with E-state index in [2.05, 4.69) is 52.2 Å². The van der Waals surface area contributed by atoms with E-state index in [0.29, 0.717) is 39.9 Å². The van der Waals surface area contributed by atoms with Crippen molar-refractivity contribution in [1.82, 2.24) is 4.98 Å². The van der Waals surface area contributed by atoms with E-state index >= 15 is 0 Å². The Morgan fingerprint density at radius 3 is 2.53 bits per heavy atom. The van der Waals surface area contributed by atoms with E-state index in [9.17, 15) is 4.79 Å². The number of carbonyl (C=O) groups excluding carboxylic acids is 1. The van der Waals surface area contributed by atoms with Crippen molar-refractivity contribution in [3.63, 3.8) is 0 Å². The number of carbonyl (C=O) groups is 1. The summed E-state index contributed by atoms with van der Waals surface area (Å²) in [5, 5.41) is 4.89. The highest BCUT2D eigenvalue weighted by Gasteiger charge is 2.19. The van der Waals surface area contributed by atoms with Crippen molar-refractivity contribution in [2.75, 3.05) is 12.4 Å². The van der Waals surface area contributed by atoms with Crippen LogP contribution in [0, 0.1) is 0 Å². The van der Waals surface area contributed by atoms with Gasteiger partial charge in [-0.15, -0.1) is 0 Å². The van der Waals surface area contributed by atoms with Gasteiger partial charge in [-0.25, -0.2) is 4.98 Å². The van der Waals surface area contributed by atoms with Crippen LogP contribution < -0.4 is 10.1 Å². The van der Waals surface area contributed by atoms with Gasteiger partial charge in [0, 0.05) is 11.3 Å². The maximum atomic E-state index is 13.2. The topological polar surface area (TPSA) is 64.4 Å². The van der Waals surface area contributed by atoms with Gasteiger partial charge in [-0.3, -0.25) is 4.79 Å². The molecule has 0 unspecified atom stereocenters. The number of hydrogen-bond acceptors (Lipinski definition) is 4.